The molecule has 2 N–H and O–H groups in total. The van der Waals surface area contributed by atoms with Crippen LogP contribution in [0.3, 0.4) is 0 Å². The molecule has 0 radical (unpaired) electrons. The molecule has 18 heavy (non-hydrogen) atoms. The van der Waals surface area contributed by atoms with E-state index in [2.05, 4.69) is 28.9 Å². The minimum absolute atomic E-state index is 0.0415. The smallest absolute Gasteiger partial charge is 0.128 e. The van der Waals surface area contributed by atoms with E-state index in [1.54, 1.807) is 0 Å². The molecule has 4 heteroatoms. The van der Waals surface area contributed by atoms with Crippen molar-refractivity contribution < 1.29 is 4.74 Å². The number of nitrogens with zero attached hydrogens (tertiary/aromatic N) is 2. The van der Waals surface area contributed by atoms with Gasteiger partial charge in [-0.3, -0.25) is 0 Å². The maximum Gasteiger partial charge on any atom is 0.128 e. The fraction of sp³-hybridized carbons (Fsp3) is 0.643. The number of anilines is 1. The van der Waals surface area contributed by atoms with Crippen LogP contribution in [0.25, 0.3) is 0 Å². The standard InChI is InChI=1S/C14H23N3O/c1-3-17(10-13-5-4-8-18-13)14-7-6-12(9-16-14)11(2)15/h6-7,9,11,13H,3-5,8,10,15H2,1-2H3/t11-,13?/m0/s1. The van der Waals surface area contributed by atoms with Crippen LogP contribution < -0.4 is 10.6 Å². The van der Waals surface area contributed by atoms with Gasteiger partial charge >= 0.3 is 0 Å². The zero-order valence-electron chi connectivity index (χ0n) is 11.3. The lowest BCUT2D eigenvalue weighted by Crippen LogP contribution is -2.32. The van der Waals surface area contributed by atoms with Crippen LogP contribution in [-0.2, 0) is 4.74 Å². The van der Waals surface area contributed by atoms with Crippen molar-refractivity contribution in [3.05, 3.63) is 23.9 Å². The summed E-state index contributed by atoms with van der Waals surface area (Å²) >= 11 is 0. The molecule has 1 saturated heterocycles. The van der Waals surface area contributed by atoms with Gasteiger partial charge in [-0.2, -0.15) is 0 Å². The highest BCUT2D eigenvalue weighted by atomic mass is 16.5. The quantitative estimate of drug-likeness (QED) is 0.868. The highest BCUT2D eigenvalue weighted by molar-refractivity contribution is 5.39. The molecular formula is C14H23N3O. The predicted molar refractivity (Wildman–Crippen MR) is 73.7 cm³/mol. The first-order valence-corrected chi connectivity index (χ1v) is 6.78. The number of nitrogens with two attached hydrogens (primary N) is 1. The number of hydrogen-bond acceptors (Lipinski definition) is 4. The van der Waals surface area contributed by atoms with Crippen molar-refractivity contribution in [2.75, 3.05) is 24.6 Å². The van der Waals surface area contributed by atoms with Crippen LogP contribution in [0.15, 0.2) is 18.3 Å². The molecule has 0 aromatic carbocycles. The Morgan fingerprint density at radius 2 is 2.39 bits per heavy atom. The third kappa shape index (κ3) is 3.21. The summed E-state index contributed by atoms with van der Waals surface area (Å²) in [7, 11) is 0. The Labute approximate surface area is 109 Å². The largest absolute Gasteiger partial charge is 0.376 e. The Morgan fingerprint density at radius 1 is 1.56 bits per heavy atom. The van der Waals surface area contributed by atoms with E-state index < -0.39 is 0 Å². The van der Waals surface area contributed by atoms with Gasteiger partial charge in [-0.1, -0.05) is 6.07 Å². The fourth-order valence-corrected chi connectivity index (χ4v) is 2.27. The van der Waals surface area contributed by atoms with Gasteiger partial charge in [0.25, 0.3) is 0 Å². The Kier molecular flexibility index (Phi) is 4.55. The predicted octanol–water partition coefficient (Wildman–Crippen LogP) is 2.11. The highest BCUT2D eigenvalue weighted by Crippen LogP contribution is 2.18. The SMILES string of the molecule is CCN(CC1CCCO1)c1ccc([C@H](C)N)cn1. The lowest BCUT2D eigenvalue weighted by Gasteiger charge is -2.25. The van der Waals surface area contributed by atoms with Crippen molar-refractivity contribution >= 4 is 5.82 Å². The van der Waals surface area contributed by atoms with Crippen LogP contribution >= 0.6 is 0 Å². The van der Waals surface area contributed by atoms with Crippen LogP contribution in [-0.4, -0.2) is 30.8 Å². The number of aromatic nitrogens is 1. The second-order valence-corrected chi connectivity index (χ2v) is 4.91. The molecule has 2 heterocycles. The molecular weight excluding hydrogens is 226 g/mol. The summed E-state index contributed by atoms with van der Waals surface area (Å²) in [6.45, 7) is 6.90. The molecule has 100 valence electrons. The first-order chi connectivity index (χ1) is 8.70. The van der Waals surface area contributed by atoms with E-state index in [4.69, 9.17) is 10.5 Å². The zero-order chi connectivity index (χ0) is 13.0. The number of ether oxygens (including phenoxy) is 1. The first-order valence-electron chi connectivity index (χ1n) is 6.78. The molecule has 1 aliphatic rings. The van der Waals surface area contributed by atoms with Crippen molar-refractivity contribution in [3.63, 3.8) is 0 Å². The fourth-order valence-electron chi connectivity index (χ4n) is 2.27. The maximum absolute atomic E-state index is 5.83. The molecule has 1 fully saturated rings. The van der Waals surface area contributed by atoms with E-state index in [1.807, 2.05) is 13.1 Å². The van der Waals surface area contributed by atoms with Crippen LogP contribution in [0, 0.1) is 0 Å². The van der Waals surface area contributed by atoms with Crippen molar-refractivity contribution in [3.8, 4) is 0 Å². The molecule has 1 unspecified atom stereocenters. The minimum Gasteiger partial charge on any atom is -0.376 e. The Morgan fingerprint density at radius 3 is 2.89 bits per heavy atom. The summed E-state index contributed by atoms with van der Waals surface area (Å²) < 4.78 is 5.68. The molecule has 1 aromatic rings. The van der Waals surface area contributed by atoms with E-state index >= 15 is 0 Å². The summed E-state index contributed by atoms with van der Waals surface area (Å²) in [6.07, 6.45) is 4.58. The topological polar surface area (TPSA) is 51.4 Å². The van der Waals surface area contributed by atoms with Crippen LogP contribution in [0.1, 0.15) is 38.3 Å². The van der Waals surface area contributed by atoms with Crippen molar-refractivity contribution in [2.24, 2.45) is 5.73 Å². The van der Waals surface area contributed by atoms with E-state index in [1.165, 1.54) is 6.42 Å². The first kappa shape index (κ1) is 13.3. The third-order valence-electron chi connectivity index (χ3n) is 3.45. The summed E-state index contributed by atoms with van der Waals surface area (Å²) in [4.78, 5) is 6.77. The average molecular weight is 249 g/mol. The van der Waals surface area contributed by atoms with Gasteiger partial charge < -0.3 is 15.4 Å². The van der Waals surface area contributed by atoms with Gasteiger partial charge in [-0.05, 0) is 38.3 Å². The number of rotatable bonds is 5. The number of hydrogen-bond donors (Lipinski definition) is 1. The molecule has 2 rings (SSSR count). The molecule has 0 bridgehead atoms. The van der Waals surface area contributed by atoms with Crippen LogP contribution in [0.5, 0.6) is 0 Å². The number of likely N-dealkylation sites (N-methyl/N-ethyl adjacent to an activating group) is 1. The van der Waals surface area contributed by atoms with Crippen molar-refractivity contribution in [1.82, 2.24) is 4.98 Å². The maximum atomic E-state index is 5.83. The van der Waals surface area contributed by atoms with Gasteiger partial charge in [0.2, 0.25) is 0 Å². The van der Waals surface area contributed by atoms with Gasteiger partial charge in [0.05, 0.1) is 6.10 Å². The number of pyridine rings is 1. The Balaban J connectivity index is 2.02. The van der Waals surface area contributed by atoms with Crippen molar-refractivity contribution in [1.29, 1.82) is 0 Å². The van der Waals surface area contributed by atoms with Gasteiger partial charge in [0.15, 0.2) is 0 Å². The van der Waals surface area contributed by atoms with E-state index in [-0.39, 0.29) is 6.04 Å². The lowest BCUT2D eigenvalue weighted by molar-refractivity contribution is 0.115. The molecule has 1 aromatic heterocycles. The molecule has 1 aliphatic heterocycles. The van der Waals surface area contributed by atoms with Crippen LogP contribution in [0.2, 0.25) is 0 Å². The van der Waals surface area contributed by atoms with Crippen molar-refractivity contribution in [2.45, 2.75) is 38.8 Å². The second kappa shape index (κ2) is 6.16. The summed E-state index contributed by atoms with van der Waals surface area (Å²) in [6, 6.07) is 4.15. The molecule has 0 spiro atoms. The zero-order valence-corrected chi connectivity index (χ0v) is 11.3. The molecule has 0 saturated carbocycles. The second-order valence-electron chi connectivity index (χ2n) is 4.91. The normalized spacial score (nSPS) is 20.9. The van der Waals surface area contributed by atoms with Crippen LogP contribution in [0.4, 0.5) is 5.82 Å². The van der Waals surface area contributed by atoms with Gasteiger partial charge in [-0.15, -0.1) is 0 Å². The summed E-state index contributed by atoms with van der Waals surface area (Å²) in [5.74, 6) is 1.01. The summed E-state index contributed by atoms with van der Waals surface area (Å²) in [5, 5.41) is 0. The lowest BCUT2D eigenvalue weighted by atomic mass is 10.1. The van der Waals surface area contributed by atoms with Gasteiger partial charge in [0, 0.05) is 31.9 Å². The molecule has 0 amide bonds. The van der Waals surface area contributed by atoms with E-state index in [0.29, 0.717) is 6.10 Å². The highest BCUT2D eigenvalue weighted by Gasteiger charge is 2.19. The third-order valence-corrected chi connectivity index (χ3v) is 3.45. The van der Waals surface area contributed by atoms with Gasteiger partial charge in [0.1, 0.15) is 5.82 Å². The monoisotopic (exact) mass is 249 g/mol. The average Bonchev–Trinajstić information content (AvgIpc) is 2.89. The molecule has 0 aliphatic carbocycles. The van der Waals surface area contributed by atoms with Gasteiger partial charge in [-0.25, -0.2) is 4.98 Å². The van der Waals surface area contributed by atoms with E-state index in [0.717, 1.165) is 37.5 Å². The molecule has 2 atom stereocenters. The molecule has 4 nitrogen and oxygen atoms in total. The Hall–Kier alpha value is -1.13. The minimum atomic E-state index is 0.0415. The summed E-state index contributed by atoms with van der Waals surface area (Å²) in [5.41, 5.74) is 6.91. The van der Waals surface area contributed by atoms with E-state index in [9.17, 15) is 0 Å². The Bertz CT molecular complexity index is 358.